The lowest BCUT2D eigenvalue weighted by atomic mass is 10.0. The summed E-state index contributed by atoms with van der Waals surface area (Å²) in [6.07, 6.45) is 3.98. The Bertz CT molecular complexity index is 987. The quantitative estimate of drug-likeness (QED) is 0.710. The molecule has 0 bridgehead atoms. The van der Waals surface area contributed by atoms with Crippen molar-refractivity contribution in [2.45, 2.75) is 26.7 Å². The van der Waals surface area contributed by atoms with Gasteiger partial charge in [0.1, 0.15) is 5.82 Å². The average molecular weight is 382 g/mol. The summed E-state index contributed by atoms with van der Waals surface area (Å²) in [6.45, 7) is 6.07. The van der Waals surface area contributed by atoms with E-state index in [1.54, 1.807) is 12.1 Å². The number of carbonyl (C=O) groups excluding carboxylic acids is 2. The van der Waals surface area contributed by atoms with Crippen LogP contribution in [0.15, 0.2) is 18.2 Å². The van der Waals surface area contributed by atoms with Gasteiger partial charge in [-0.3, -0.25) is 14.5 Å². The highest BCUT2D eigenvalue weighted by Gasteiger charge is 2.25. The topological polar surface area (TPSA) is 77.2 Å². The van der Waals surface area contributed by atoms with Gasteiger partial charge in [0.25, 0.3) is 5.91 Å². The predicted octanol–water partition coefficient (Wildman–Crippen LogP) is 3.30. The average Bonchev–Trinajstić information content (AvgIpc) is 3.32. The van der Waals surface area contributed by atoms with E-state index < -0.39 is 5.82 Å². The number of halogens is 1. The number of nitrogens with zero attached hydrogens (tertiary/aromatic N) is 1. The fraction of sp³-hybridized carbons (Fsp3) is 0.333. The molecule has 0 radical (unpaired) electrons. The van der Waals surface area contributed by atoms with E-state index in [1.807, 2.05) is 13.8 Å². The number of amides is 2. The summed E-state index contributed by atoms with van der Waals surface area (Å²) in [7, 11) is 0. The number of anilines is 2. The molecule has 0 spiro atoms. The third kappa shape index (κ3) is 3.45. The highest BCUT2D eigenvalue weighted by molar-refractivity contribution is 6.34. The van der Waals surface area contributed by atoms with Gasteiger partial charge in [-0.1, -0.05) is 0 Å². The van der Waals surface area contributed by atoms with Gasteiger partial charge in [0.05, 0.1) is 17.8 Å². The number of nitrogens with one attached hydrogen (secondary N) is 3. The number of aromatic amines is 1. The summed E-state index contributed by atoms with van der Waals surface area (Å²) in [5, 5.41) is 5.73. The SMILES string of the molecule is Cc1[nH]c(/C=C2\C(=O)Nc3ccc(F)cc32)c(C)c1NC(=O)CN1CCCC1. The molecular formula is C21H23FN4O2. The lowest BCUT2D eigenvalue weighted by molar-refractivity contribution is -0.117. The third-order valence-electron chi connectivity index (χ3n) is 5.36. The fourth-order valence-corrected chi connectivity index (χ4v) is 3.88. The number of hydrogen-bond donors (Lipinski definition) is 3. The van der Waals surface area contributed by atoms with Gasteiger partial charge < -0.3 is 15.6 Å². The Morgan fingerprint density at radius 2 is 2.04 bits per heavy atom. The molecule has 1 saturated heterocycles. The predicted molar refractivity (Wildman–Crippen MR) is 107 cm³/mol. The monoisotopic (exact) mass is 382 g/mol. The minimum atomic E-state index is -0.393. The van der Waals surface area contributed by atoms with E-state index in [-0.39, 0.29) is 11.8 Å². The van der Waals surface area contributed by atoms with E-state index in [1.165, 1.54) is 12.1 Å². The Hall–Kier alpha value is -2.93. The van der Waals surface area contributed by atoms with Crippen LogP contribution in [0, 0.1) is 19.7 Å². The van der Waals surface area contributed by atoms with Crippen LogP contribution in [0.4, 0.5) is 15.8 Å². The molecule has 1 aromatic heterocycles. The number of aryl methyl sites for hydroxylation is 1. The van der Waals surface area contributed by atoms with E-state index in [0.717, 1.165) is 48.6 Å². The van der Waals surface area contributed by atoms with E-state index in [9.17, 15) is 14.0 Å². The maximum Gasteiger partial charge on any atom is 0.256 e. The van der Waals surface area contributed by atoms with Crippen molar-refractivity contribution < 1.29 is 14.0 Å². The number of aromatic nitrogens is 1. The number of benzene rings is 1. The van der Waals surface area contributed by atoms with Crippen molar-refractivity contribution in [3.63, 3.8) is 0 Å². The molecule has 2 aliphatic rings. The van der Waals surface area contributed by atoms with Crippen LogP contribution in [0.3, 0.4) is 0 Å². The zero-order valence-electron chi connectivity index (χ0n) is 16.0. The van der Waals surface area contributed by atoms with Gasteiger partial charge in [0.15, 0.2) is 0 Å². The molecule has 1 aromatic carbocycles. The van der Waals surface area contributed by atoms with Gasteiger partial charge >= 0.3 is 0 Å². The number of likely N-dealkylation sites (tertiary alicyclic amines) is 1. The van der Waals surface area contributed by atoms with Crippen molar-refractivity contribution in [1.82, 2.24) is 9.88 Å². The highest BCUT2D eigenvalue weighted by Crippen LogP contribution is 2.35. The van der Waals surface area contributed by atoms with Gasteiger partial charge in [-0.25, -0.2) is 4.39 Å². The second-order valence-electron chi connectivity index (χ2n) is 7.40. The zero-order valence-corrected chi connectivity index (χ0v) is 16.0. The molecule has 28 heavy (non-hydrogen) atoms. The molecular weight excluding hydrogens is 359 g/mol. The van der Waals surface area contributed by atoms with Gasteiger partial charge in [-0.15, -0.1) is 0 Å². The molecule has 4 rings (SSSR count). The van der Waals surface area contributed by atoms with Crippen molar-refractivity contribution in [3.8, 4) is 0 Å². The first kappa shape index (κ1) is 18.4. The normalized spacial score (nSPS) is 17.8. The first-order valence-corrected chi connectivity index (χ1v) is 9.46. The van der Waals surface area contributed by atoms with Crippen molar-refractivity contribution in [2.24, 2.45) is 0 Å². The summed E-state index contributed by atoms with van der Waals surface area (Å²) >= 11 is 0. The first-order valence-electron chi connectivity index (χ1n) is 9.46. The molecule has 0 unspecified atom stereocenters. The van der Waals surface area contributed by atoms with Gasteiger partial charge in [-0.2, -0.15) is 0 Å². The standard InChI is InChI=1S/C21H23FN4O2/c1-12-18(10-16-15-9-14(22)5-6-17(15)24-21(16)28)23-13(2)20(12)25-19(27)11-26-7-3-4-8-26/h5-6,9-10,23H,3-4,7-8,11H2,1-2H3,(H,24,28)(H,25,27)/b16-10-. The Morgan fingerprint density at radius 3 is 2.79 bits per heavy atom. The molecule has 0 saturated carbocycles. The minimum Gasteiger partial charge on any atom is -0.357 e. The smallest absolute Gasteiger partial charge is 0.256 e. The van der Waals surface area contributed by atoms with Crippen LogP contribution in [0.25, 0.3) is 11.6 Å². The van der Waals surface area contributed by atoms with Crippen LogP contribution < -0.4 is 10.6 Å². The van der Waals surface area contributed by atoms with Crippen LogP contribution in [0.1, 0.15) is 35.4 Å². The lowest BCUT2D eigenvalue weighted by Crippen LogP contribution is -2.31. The minimum absolute atomic E-state index is 0.0441. The van der Waals surface area contributed by atoms with Gasteiger partial charge in [0.2, 0.25) is 5.91 Å². The van der Waals surface area contributed by atoms with Crippen LogP contribution >= 0.6 is 0 Å². The summed E-state index contributed by atoms with van der Waals surface area (Å²) in [5.41, 5.74) is 4.64. The van der Waals surface area contributed by atoms with Crippen LogP contribution in [0.5, 0.6) is 0 Å². The number of carbonyl (C=O) groups is 2. The summed E-state index contributed by atoms with van der Waals surface area (Å²) < 4.78 is 13.6. The Balaban J connectivity index is 1.59. The number of H-pyrrole nitrogens is 1. The molecule has 2 amide bonds. The third-order valence-corrected chi connectivity index (χ3v) is 5.36. The lowest BCUT2D eigenvalue weighted by Gasteiger charge is -2.14. The summed E-state index contributed by atoms with van der Waals surface area (Å²) in [4.78, 5) is 30.1. The number of rotatable bonds is 4. The maximum atomic E-state index is 13.6. The molecule has 146 valence electrons. The van der Waals surface area contributed by atoms with Crippen LogP contribution in [-0.4, -0.2) is 41.3 Å². The van der Waals surface area contributed by atoms with E-state index >= 15 is 0 Å². The fourth-order valence-electron chi connectivity index (χ4n) is 3.88. The van der Waals surface area contributed by atoms with E-state index in [0.29, 0.717) is 23.4 Å². The van der Waals surface area contributed by atoms with Crippen molar-refractivity contribution >= 4 is 34.8 Å². The van der Waals surface area contributed by atoms with Crippen LogP contribution in [0.2, 0.25) is 0 Å². The molecule has 0 aliphatic carbocycles. The second-order valence-corrected chi connectivity index (χ2v) is 7.40. The Morgan fingerprint density at radius 1 is 1.29 bits per heavy atom. The summed E-state index contributed by atoms with van der Waals surface area (Å²) in [5.74, 6) is -0.709. The van der Waals surface area contributed by atoms with Crippen molar-refractivity contribution in [1.29, 1.82) is 0 Å². The molecule has 7 heteroatoms. The zero-order chi connectivity index (χ0) is 19.8. The molecule has 3 heterocycles. The number of hydrogen-bond acceptors (Lipinski definition) is 3. The number of fused-ring (bicyclic) bond motifs is 1. The Kier molecular flexibility index (Phi) is 4.77. The van der Waals surface area contributed by atoms with Gasteiger partial charge in [-0.05, 0) is 69.6 Å². The molecule has 1 fully saturated rings. The molecule has 2 aliphatic heterocycles. The largest absolute Gasteiger partial charge is 0.357 e. The van der Waals surface area contributed by atoms with E-state index in [2.05, 4.69) is 20.5 Å². The van der Waals surface area contributed by atoms with Crippen molar-refractivity contribution in [2.75, 3.05) is 30.3 Å². The van der Waals surface area contributed by atoms with Crippen molar-refractivity contribution in [3.05, 3.63) is 46.5 Å². The molecule has 3 N–H and O–H groups in total. The molecule has 0 atom stereocenters. The van der Waals surface area contributed by atoms with E-state index in [4.69, 9.17) is 0 Å². The first-order chi connectivity index (χ1) is 13.4. The Labute approximate surface area is 162 Å². The maximum absolute atomic E-state index is 13.6. The highest BCUT2D eigenvalue weighted by atomic mass is 19.1. The molecule has 2 aromatic rings. The van der Waals surface area contributed by atoms with Gasteiger partial charge in [0, 0.05) is 22.6 Å². The van der Waals surface area contributed by atoms with Crippen LogP contribution in [-0.2, 0) is 9.59 Å². The molecule has 6 nitrogen and oxygen atoms in total. The summed E-state index contributed by atoms with van der Waals surface area (Å²) in [6, 6.07) is 4.23. The second kappa shape index (κ2) is 7.24.